The molecule has 1 unspecified atom stereocenters. The van der Waals surface area contributed by atoms with E-state index < -0.39 is 0 Å². The number of rotatable bonds is 10. The first kappa shape index (κ1) is 28.9. The Morgan fingerprint density at radius 1 is 1.07 bits per heavy atom. The number of benzene rings is 2. The van der Waals surface area contributed by atoms with Crippen molar-refractivity contribution in [3.8, 4) is 11.4 Å². The van der Waals surface area contributed by atoms with Gasteiger partial charge in [-0.2, -0.15) is 0 Å². The zero-order valence-electron chi connectivity index (χ0n) is 23.7. The first-order valence-electron chi connectivity index (χ1n) is 14.4. The summed E-state index contributed by atoms with van der Waals surface area (Å²) in [6.45, 7) is 7.83. The number of piperidine rings is 1. The van der Waals surface area contributed by atoms with Gasteiger partial charge in [-0.15, -0.1) is 5.10 Å². The molecule has 0 saturated carbocycles. The molecule has 2 aliphatic rings. The highest BCUT2D eigenvalue weighted by Crippen LogP contribution is 2.33. The van der Waals surface area contributed by atoms with Crippen LogP contribution in [0.5, 0.6) is 5.75 Å². The molecule has 218 valence electrons. The molecular formula is C31H38FN5O4. The van der Waals surface area contributed by atoms with Crippen LogP contribution >= 0.6 is 0 Å². The van der Waals surface area contributed by atoms with Crippen LogP contribution in [0.2, 0.25) is 0 Å². The molecule has 9 nitrogen and oxygen atoms in total. The van der Waals surface area contributed by atoms with E-state index in [1.54, 1.807) is 16.8 Å². The van der Waals surface area contributed by atoms with Crippen LogP contribution in [0.1, 0.15) is 42.9 Å². The summed E-state index contributed by atoms with van der Waals surface area (Å²) >= 11 is 0. The standard InChI is InChI=1S/C31H38FN5O4/c1-21(2)16-27(22-17-23(19-33-18-22)31(39)36-12-14-40-15-13-36)30(38)29-28(20-41-26-10-8-24(32)9-11-26)37(35-34-29)25-6-4-3-5-7-25/h3-11,21-23,27,33H,12-20H2,1-2H3/t22-,23+,27?/m0/s1. The van der Waals surface area contributed by atoms with E-state index in [0.717, 1.165) is 5.69 Å². The van der Waals surface area contributed by atoms with Crippen molar-refractivity contribution in [2.75, 3.05) is 39.4 Å². The first-order valence-corrected chi connectivity index (χ1v) is 14.4. The second-order valence-corrected chi connectivity index (χ2v) is 11.3. The first-order chi connectivity index (χ1) is 19.9. The van der Waals surface area contributed by atoms with Gasteiger partial charge in [0.2, 0.25) is 5.91 Å². The summed E-state index contributed by atoms with van der Waals surface area (Å²) < 4.78 is 26.5. The molecule has 1 aromatic heterocycles. The summed E-state index contributed by atoms with van der Waals surface area (Å²) in [5, 5.41) is 12.2. The molecule has 0 aliphatic carbocycles. The molecule has 3 atom stereocenters. The van der Waals surface area contributed by atoms with Crippen LogP contribution in [0, 0.1) is 29.5 Å². The van der Waals surface area contributed by atoms with Gasteiger partial charge >= 0.3 is 0 Å². The number of morpholine rings is 1. The van der Waals surface area contributed by atoms with Gasteiger partial charge in [-0.3, -0.25) is 9.59 Å². The van der Waals surface area contributed by atoms with Crippen LogP contribution in [0.4, 0.5) is 4.39 Å². The Hall–Kier alpha value is -3.63. The number of ether oxygens (including phenoxy) is 2. The van der Waals surface area contributed by atoms with E-state index in [4.69, 9.17) is 9.47 Å². The number of nitrogens with zero attached hydrogens (tertiary/aromatic N) is 4. The monoisotopic (exact) mass is 563 g/mol. The van der Waals surface area contributed by atoms with Gasteiger partial charge in [0, 0.05) is 25.6 Å². The average Bonchev–Trinajstić information content (AvgIpc) is 3.43. The normalized spacial score (nSPS) is 20.1. The molecule has 2 aliphatic heterocycles. The Morgan fingerprint density at radius 2 is 1.80 bits per heavy atom. The summed E-state index contributed by atoms with van der Waals surface area (Å²) in [5.41, 5.74) is 1.56. The average molecular weight is 564 g/mol. The van der Waals surface area contributed by atoms with Crippen molar-refractivity contribution in [1.29, 1.82) is 0 Å². The van der Waals surface area contributed by atoms with Crippen molar-refractivity contribution in [3.63, 3.8) is 0 Å². The van der Waals surface area contributed by atoms with E-state index in [-0.39, 0.29) is 53.5 Å². The molecule has 5 rings (SSSR count). The number of Topliss-reactive ketones (excluding diaryl/α,β-unsaturated/α-hetero) is 1. The smallest absolute Gasteiger partial charge is 0.227 e. The molecule has 2 aromatic carbocycles. The second-order valence-electron chi connectivity index (χ2n) is 11.3. The van der Waals surface area contributed by atoms with Crippen molar-refractivity contribution in [2.45, 2.75) is 33.3 Å². The number of amides is 1. The van der Waals surface area contributed by atoms with Crippen molar-refractivity contribution < 1.29 is 23.5 Å². The zero-order valence-corrected chi connectivity index (χ0v) is 23.7. The van der Waals surface area contributed by atoms with Gasteiger partial charge in [0.25, 0.3) is 0 Å². The molecule has 3 heterocycles. The molecule has 1 N–H and O–H groups in total. The van der Waals surface area contributed by atoms with E-state index in [1.807, 2.05) is 35.2 Å². The van der Waals surface area contributed by atoms with Crippen LogP contribution in [-0.4, -0.2) is 71.0 Å². The minimum Gasteiger partial charge on any atom is -0.487 e. The molecule has 2 saturated heterocycles. The molecule has 41 heavy (non-hydrogen) atoms. The Kier molecular flexibility index (Phi) is 9.41. The van der Waals surface area contributed by atoms with E-state index in [2.05, 4.69) is 29.5 Å². The number of ketones is 1. The van der Waals surface area contributed by atoms with E-state index in [9.17, 15) is 14.0 Å². The number of halogens is 1. The number of hydrogen-bond donors (Lipinski definition) is 1. The Balaban J connectivity index is 1.41. The van der Waals surface area contributed by atoms with Gasteiger partial charge in [0.15, 0.2) is 11.5 Å². The minimum atomic E-state index is -0.354. The maximum absolute atomic E-state index is 14.3. The van der Waals surface area contributed by atoms with Crippen LogP contribution < -0.4 is 10.1 Å². The van der Waals surface area contributed by atoms with E-state index >= 15 is 0 Å². The summed E-state index contributed by atoms with van der Waals surface area (Å²) in [6.07, 6.45) is 1.31. The number of carbonyl (C=O) groups is 2. The summed E-state index contributed by atoms with van der Waals surface area (Å²) in [4.78, 5) is 29.5. The Morgan fingerprint density at radius 3 is 2.51 bits per heavy atom. The van der Waals surface area contributed by atoms with Gasteiger partial charge < -0.3 is 19.7 Å². The number of hydrogen-bond acceptors (Lipinski definition) is 7. The van der Waals surface area contributed by atoms with Crippen molar-refractivity contribution >= 4 is 11.7 Å². The number of aromatic nitrogens is 3. The fourth-order valence-electron chi connectivity index (χ4n) is 5.79. The largest absolute Gasteiger partial charge is 0.487 e. The summed E-state index contributed by atoms with van der Waals surface area (Å²) in [6, 6.07) is 15.2. The lowest BCUT2D eigenvalue weighted by atomic mass is 9.75. The summed E-state index contributed by atoms with van der Waals surface area (Å²) in [7, 11) is 0. The minimum absolute atomic E-state index is 0.0265. The number of carbonyl (C=O) groups excluding carboxylic acids is 2. The van der Waals surface area contributed by atoms with E-state index in [1.165, 1.54) is 12.1 Å². The second kappa shape index (κ2) is 13.4. The van der Waals surface area contributed by atoms with Gasteiger partial charge in [-0.1, -0.05) is 37.3 Å². The number of para-hydroxylation sites is 1. The highest BCUT2D eigenvalue weighted by molar-refractivity contribution is 5.97. The topological polar surface area (TPSA) is 98.6 Å². The van der Waals surface area contributed by atoms with Crippen LogP contribution in [0.25, 0.3) is 5.69 Å². The lowest BCUT2D eigenvalue weighted by Gasteiger charge is -2.37. The maximum Gasteiger partial charge on any atom is 0.227 e. The van der Waals surface area contributed by atoms with Crippen LogP contribution in [0.3, 0.4) is 0 Å². The molecule has 3 aromatic rings. The fraction of sp³-hybridized carbons (Fsp3) is 0.484. The third-order valence-electron chi connectivity index (χ3n) is 7.87. The zero-order chi connectivity index (χ0) is 28.8. The van der Waals surface area contributed by atoms with Crippen LogP contribution in [-0.2, 0) is 16.1 Å². The summed E-state index contributed by atoms with van der Waals surface area (Å²) in [5.74, 6) is -0.125. The number of nitrogens with one attached hydrogen (secondary N) is 1. The third kappa shape index (κ3) is 7.00. The third-order valence-corrected chi connectivity index (χ3v) is 7.87. The Bertz CT molecular complexity index is 1310. The van der Waals surface area contributed by atoms with Crippen LogP contribution in [0.15, 0.2) is 54.6 Å². The van der Waals surface area contributed by atoms with Gasteiger partial charge in [-0.25, -0.2) is 9.07 Å². The lowest BCUT2D eigenvalue weighted by Crippen LogP contribution is -2.50. The molecule has 0 radical (unpaired) electrons. The fourth-order valence-corrected chi connectivity index (χ4v) is 5.79. The maximum atomic E-state index is 14.3. The van der Waals surface area contributed by atoms with Crippen molar-refractivity contribution in [2.24, 2.45) is 23.7 Å². The van der Waals surface area contributed by atoms with Gasteiger partial charge in [0.05, 0.1) is 24.8 Å². The van der Waals surface area contributed by atoms with Gasteiger partial charge in [0.1, 0.15) is 23.9 Å². The highest BCUT2D eigenvalue weighted by atomic mass is 19.1. The molecule has 10 heteroatoms. The van der Waals surface area contributed by atoms with E-state index in [0.29, 0.717) is 63.7 Å². The molecular weight excluding hydrogens is 525 g/mol. The highest BCUT2D eigenvalue weighted by Gasteiger charge is 2.39. The van der Waals surface area contributed by atoms with Crippen molar-refractivity contribution in [3.05, 3.63) is 71.8 Å². The molecule has 1 amide bonds. The quantitative estimate of drug-likeness (QED) is 0.374. The SMILES string of the molecule is CC(C)CC(C(=O)c1nnn(-c2ccccc2)c1COc1ccc(F)cc1)[C@@H]1CNC[C@H](C(=O)N2CCOCC2)C1. The van der Waals surface area contributed by atoms with Gasteiger partial charge in [-0.05, 0) is 67.6 Å². The lowest BCUT2D eigenvalue weighted by molar-refractivity contribution is -0.140. The molecule has 0 spiro atoms. The van der Waals surface area contributed by atoms with Crippen molar-refractivity contribution in [1.82, 2.24) is 25.2 Å². The molecule has 0 bridgehead atoms. The Labute approximate surface area is 240 Å². The predicted molar refractivity (Wildman–Crippen MR) is 151 cm³/mol. The predicted octanol–water partition coefficient (Wildman–Crippen LogP) is 3.91. The molecule has 2 fully saturated rings.